The van der Waals surface area contributed by atoms with E-state index in [9.17, 15) is 4.79 Å². The average Bonchev–Trinajstić information content (AvgIpc) is 2.81. The van der Waals surface area contributed by atoms with E-state index in [2.05, 4.69) is 34.6 Å². The van der Waals surface area contributed by atoms with E-state index in [1.807, 2.05) is 17.0 Å². The zero-order valence-electron chi connectivity index (χ0n) is 11.7. The van der Waals surface area contributed by atoms with E-state index >= 15 is 0 Å². The van der Waals surface area contributed by atoms with Gasteiger partial charge in [0.25, 0.3) is 0 Å². The highest BCUT2D eigenvalue weighted by molar-refractivity contribution is 5.74. The molecule has 5 nitrogen and oxygen atoms in total. The molecule has 0 atom stereocenters. The number of carbonyl (C=O) groups is 1. The van der Waals surface area contributed by atoms with Gasteiger partial charge in [0.15, 0.2) is 5.82 Å². The largest absolute Gasteiger partial charge is 0.338 e. The number of hydrogen-bond acceptors (Lipinski definition) is 3. The lowest BCUT2D eigenvalue weighted by molar-refractivity contribution is -0.129. The van der Waals surface area contributed by atoms with E-state index in [0.717, 1.165) is 35.7 Å². The van der Waals surface area contributed by atoms with Gasteiger partial charge in [-0.2, -0.15) is 5.10 Å². The summed E-state index contributed by atoms with van der Waals surface area (Å²) in [5.74, 6) is 0.926. The molecule has 0 bridgehead atoms. The number of aryl methyl sites for hydroxylation is 1. The number of hydrogen-bond donors (Lipinski definition) is 2. The molecule has 2 N–H and O–H groups in total. The number of amides is 1. The topological polar surface area (TPSA) is 61.0 Å². The van der Waals surface area contributed by atoms with Crippen LogP contribution in [0.5, 0.6) is 0 Å². The maximum absolute atomic E-state index is 11.5. The Hall–Kier alpha value is -2.30. The van der Waals surface area contributed by atoms with Gasteiger partial charge >= 0.3 is 0 Å². The highest BCUT2D eigenvalue weighted by atomic mass is 16.2. The summed E-state index contributed by atoms with van der Waals surface area (Å²) in [5.41, 5.74) is 4.43. The van der Waals surface area contributed by atoms with Crippen LogP contribution in [0.4, 0.5) is 11.5 Å². The first-order valence-electron chi connectivity index (χ1n) is 6.79. The number of rotatable bonds is 2. The summed E-state index contributed by atoms with van der Waals surface area (Å²) in [6, 6.07) is 8.16. The molecule has 0 saturated carbocycles. The lowest BCUT2D eigenvalue weighted by atomic mass is 10.1. The normalized spacial score (nSPS) is 14.0. The smallest absolute Gasteiger partial charge is 0.219 e. The predicted molar refractivity (Wildman–Crippen MR) is 77.8 cm³/mol. The third-order valence-corrected chi connectivity index (χ3v) is 3.66. The quantitative estimate of drug-likeness (QED) is 0.880. The summed E-state index contributed by atoms with van der Waals surface area (Å²) < 4.78 is 0. The molecule has 5 heteroatoms. The second-order valence-corrected chi connectivity index (χ2v) is 5.21. The Morgan fingerprint density at radius 2 is 2.30 bits per heavy atom. The van der Waals surface area contributed by atoms with Crippen LogP contribution in [0.1, 0.15) is 23.7 Å². The monoisotopic (exact) mass is 270 g/mol. The number of anilines is 2. The van der Waals surface area contributed by atoms with Crippen LogP contribution in [0.25, 0.3) is 0 Å². The van der Waals surface area contributed by atoms with Crippen LogP contribution >= 0.6 is 0 Å². The summed E-state index contributed by atoms with van der Waals surface area (Å²) in [7, 11) is 0. The molecule has 0 saturated heterocycles. The Morgan fingerprint density at radius 3 is 3.05 bits per heavy atom. The molecule has 1 aromatic carbocycles. The van der Waals surface area contributed by atoms with Gasteiger partial charge in [0.1, 0.15) is 0 Å². The maximum Gasteiger partial charge on any atom is 0.219 e. The van der Waals surface area contributed by atoms with Crippen molar-refractivity contribution in [3.63, 3.8) is 0 Å². The van der Waals surface area contributed by atoms with Crippen LogP contribution < -0.4 is 5.32 Å². The summed E-state index contributed by atoms with van der Waals surface area (Å²) in [4.78, 5) is 13.4. The van der Waals surface area contributed by atoms with E-state index in [1.54, 1.807) is 6.92 Å². The van der Waals surface area contributed by atoms with E-state index in [4.69, 9.17) is 0 Å². The zero-order valence-corrected chi connectivity index (χ0v) is 11.7. The number of nitrogens with zero attached hydrogens (tertiary/aromatic N) is 2. The van der Waals surface area contributed by atoms with Gasteiger partial charge in [0.05, 0.1) is 6.54 Å². The summed E-state index contributed by atoms with van der Waals surface area (Å²) in [6.07, 6.45) is 0.831. The van der Waals surface area contributed by atoms with Crippen molar-refractivity contribution in [2.24, 2.45) is 0 Å². The van der Waals surface area contributed by atoms with E-state index < -0.39 is 0 Å². The van der Waals surface area contributed by atoms with E-state index in [-0.39, 0.29) is 5.91 Å². The fourth-order valence-corrected chi connectivity index (χ4v) is 2.53. The number of nitrogens with one attached hydrogen (secondary N) is 2. The number of aromatic nitrogens is 2. The van der Waals surface area contributed by atoms with Crippen LogP contribution in [-0.2, 0) is 17.8 Å². The fourth-order valence-electron chi connectivity index (χ4n) is 2.53. The molecule has 0 fully saturated rings. The first-order chi connectivity index (χ1) is 9.63. The van der Waals surface area contributed by atoms with Crippen molar-refractivity contribution in [2.45, 2.75) is 26.8 Å². The number of benzene rings is 1. The second kappa shape index (κ2) is 5.00. The van der Waals surface area contributed by atoms with Crippen LogP contribution in [0.15, 0.2) is 24.3 Å². The molecule has 0 aliphatic carbocycles. The van der Waals surface area contributed by atoms with Gasteiger partial charge in [0, 0.05) is 36.8 Å². The van der Waals surface area contributed by atoms with Crippen molar-refractivity contribution in [2.75, 3.05) is 11.9 Å². The third kappa shape index (κ3) is 2.39. The molecule has 2 heterocycles. The molecule has 0 radical (unpaired) electrons. The Bertz CT molecular complexity index is 647. The van der Waals surface area contributed by atoms with Crippen molar-refractivity contribution in [1.82, 2.24) is 15.1 Å². The van der Waals surface area contributed by atoms with Crippen molar-refractivity contribution in [1.29, 1.82) is 0 Å². The average molecular weight is 270 g/mol. The van der Waals surface area contributed by atoms with Crippen LogP contribution in [0.2, 0.25) is 0 Å². The summed E-state index contributed by atoms with van der Waals surface area (Å²) in [5, 5.41) is 10.7. The Labute approximate surface area is 118 Å². The predicted octanol–water partition coefficient (Wildman–Crippen LogP) is 2.37. The second-order valence-electron chi connectivity index (χ2n) is 5.21. The van der Waals surface area contributed by atoms with Gasteiger partial charge in [-0.15, -0.1) is 0 Å². The maximum atomic E-state index is 11.5. The van der Waals surface area contributed by atoms with Crippen LogP contribution in [0.3, 0.4) is 0 Å². The molecule has 1 aromatic heterocycles. The molecule has 0 unspecified atom stereocenters. The lowest BCUT2D eigenvalue weighted by Gasteiger charge is -2.25. The van der Waals surface area contributed by atoms with Crippen LogP contribution in [-0.4, -0.2) is 27.5 Å². The van der Waals surface area contributed by atoms with Crippen molar-refractivity contribution >= 4 is 17.4 Å². The number of carbonyl (C=O) groups excluding carboxylic acids is 1. The molecular weight excluding hydrogens is 252 g/mol. The number of H-pyrrole nitrogens is 1. The van der Waals surface area contributed by atoms with E-state index in [1.165, 1.54) is 5.56 Å². The van der Waals surface area contributed by atoms with E-state index in [0.29, 0.717) is 6.54 Å². The van der Waals surface area contributed by atoms with Gasteiger partial charge in [-0.25, -0.2) is 0 Å². The molecule has 2 aromatic rings. The molecular formula is C15H18N4O. The van der Waals surface area contributed by atoms with Gasteiger partial charge in [-0.1, -0.05) is 12.1 Å². The van der Waals surface area contributed by atoms with Gasteiger partial charge in [0.2, 0.25) is 5.91 Å². The molecule has 104 valence electrons. The van der Waals surface area contributed by atoms with Crippen molar-refractivity contribution < 1.29 is 4.79 Å². The number of fused-ring (bicyclic) bond motifs is 1. The number of aromatic amines is 1. The van der Waals surface area contributed by atoms with Crippen molar-refractivity contribution in [3.05, 3.63) is 41.1 Å². The zero-order chi connectivity index (χ0) is 14.1. The van der Waals surface area contributed by atoms with Gasteiger partial charge < -0.3 is 10.2 Å². The fraction of sp³-hybridized carbons (Fsp3) is 0.333. The standard InChI is InChI=1S/C15H18N4O/c1-10-4-3-5-12(8-10)16-15-13-9-19(11(2)20)7-6-14(13)17-18-15/h3-5,8H,6-7,9H2,1-2H3,(H2,16,17,18). The Kier molecular flexibility index (Phi) is 3.18. The van der Waals surface area contributed by atoms with Gasteiger partial charge in [-0.05, 0) is 24.6 Å². The van der Waals surface area contributed by atoms with Crippen molar-refractivity contribution in [3.8, 4) is 0 Å². The first-order valence-corrected chi connectivity index (χ1v) is 6.79. The van der Waals surface area contributed by atoms with Gasteiger partial charge in [-0.3, -0.25) is 9.89 Å². The molecule has 3 rings (SSSR count). The minimum Gasteiger partial charge on any atom is -0.338 e. The SMILES string of the molecule is CC(=O)N1CCc2[nH]nc(Nc3cccc(C)c3)c2C1. The summed E-state index contributed by atoms with van der Waals surface area (Å²) in [6.45, 7) is 5.05. The lowest BCUT2D eigenvalue weighted by Crippen LogP contribution is -2.34. The summed E-state index contributed by atoms with van der Waals surface area (Å²) >= 11 is 0. The minimum atomic E-state index is 0.110. The Morgan fingerprint density at radius 1 is 1.45 bits per heavy atom. The first kappa shape index (κ1) is 12.7. The Balaban J connectivity index is 1.86. The minimum absolute atomic E-state index is 0.110. The highest BCUT2D eigenvalue weighted by Crippen LogP contribution is 2.26. The molecule has 1 amide bonds. The molecule has 1 aliphatic heterocycles. The van der Waals surface area contributed by atoms with Crippen LogP contribution in [0, 0.1) is 6.92 Å². The molecule has 1 aliphatic rings. The molecule has 0 spiro atoms. The highest BCUT2D eigenvalue weighted by Gasteiger charge is 2.23. The third-order valence-electron chi connectivity index (χ3n) is 3.66. The molecule has 20 heavy (non-hydrogen) atoms.